The van der Waals surface area contributed by atoms with Gasteiger partial charge in [-0.25, -0.2) is 0 Å². The molecule has 0 saturated carbocycles. The molecular formula is C12H24N2O2. The summed E-state index contributed by atoms with van der Waals surface area (Å²) in [6.07, 6.45) is 1.58. The Morgan fingerprint density at radius 2 is 2.12 bits per heavy atom. The third-order valence-corrected chi connectivity index (χ3v) is 3.17. The Kier molecular flexibility index (Phi) is 5.22. The number of rotatable bonds is 6. The Labute approximate surface area is 97.8 Å². The number of amides is 1. The minimum absolute atomic E-state index is 0.191. The molecule has 0 spiro atoms. The van der Waals surface area contributed by atoms with Crippen LogP contribution in [-0.4, -0.2) is 42.2 Å². The second-order valence-electron chi connectivity index (χ2n) is 5.28. The fourth-order valence-corrected chi connectivity index (χ4v) is 2.19. The van der Waals surface area contributed by atoms with Crippen LogP contribution in [0.4, 0.5) is 0 Å². The van der Waals surface area contributed by atoms with Crippen LogP contribution in [0.15, 0.2) is 0 Å². The van der Waals surface area contributed by atoms with E-state index in [9.17, 15) is 4.79 Å². The van der Waals surface area contributed by atoms with Gasteiger partial charge in [-0.2, -0.15) is 0 Å². The van der Waals surface area contributed by atoms with E-state index in [1.807, 2.05) is 4.90 Å². The Morgan fingerprint density at radius 1 is 1.50 bits per heavy atom. The molecule has 4 heteroatoms. The summed E-state index contributed by atoms with van der Waals surface area (Å²) >= 11 is 0. The highest BCUT2D eigenvalue weighted by molar-refractivity contribution is 5.77. The van der Waals surface area contributed by atoms with Crippen molar-refractivity contribution in [3.05, 3.63) is 0 Å². The van der Waals surface area contributed by atoms with Gasteiger partial charge in [-0.15, -0.1) is 0 Å². The van der Waals surface area contributed by atoms with Crippen LogP contribution in [-0.2, 0) is 4.79 Å². The minimum atomic E-state index is 0.191. The first-order chi connectivity index (χ1) is 7.56. The summed E-state index contributed by atoms with van der Waals surface area (Å²) in [5.41, 5.74) is 5.67. The summed E-state index contributed by atoms with van der Waals surface area (Å²) < 4.78 is 0. The smallest absolute Gasteiger partial charge is 0.222 e. The van der Waals surface area contributed by atoms with E-state index >= 15 is 0 Å². The Hall–Kier alpha value is -0.610. The third-order valence-electron chi connectivity index (χ3n) is 3.17. The third kappa shape index (κ3) is 3.76. The molecule has 1 aliphatic heterocycles. The van der Waals surface area contributed by atoms with E-state index in [1.165, 1.54) is 0 Å². The fraction of sp³-hybridized carbons (Fsp3) is 0.917. The summed E-state index contributed by atoms with van der Waals surface area (Å²) in [5.74, 6) is 1.38. The van der Waals surface area contributed by atoms with E-state index in [4.69, 9.17) is 10.8 Å². The van der Waals surface area contributed by atoms with Gasteiger partial charge in [0.15, 0.2) is 0 Å². The molecule has 0 bridgehead atoms. The number of aliphatic hydroxyl groups is 1. The summed E-state index contributed by atoms with van der Waals surface area (Å²) in [6, 6.07) is 0. The lowest BCUT2D eigenvalue weighted by Crippen LogP contribution is -2.51. The number of hydrogen-bond acceptors (Lipinski definition) is 3. The van der Waals surface area contributed by atoms with Gasteiger partial charge in [0.2, 0.25) is 5.91 Å². The molecular weight excluding hydrogens is 204 g/mol. The molecule has 3 N–H and O–H groups in total. The first kappa shape index (κ1) is 13.5. The summed E-state index contributed by atoms with van der Waals surface area (Å²) in [4.78, 5) is 13.6. The highest BCUT2D eigenvalue weighted by Gasteiger charge is 2.30. The SMILES string of the molecule is CC(C)CC(CN)CC(=O)N1CC(CO)C1. The lowest BCUT2D eigenvalue weighted by Gasteiger charge is -2.39. The zero-order valence-electron chi connectivity index (χ0n) is 10.4. The van der Waals surface area contributed by atoms with Gasteiger partial charge in [0, 0.05) is 32.0 Å². The van der Waals surface area contributed by atoms with Crippen molar-refractivity contribution in [1.82, 2.24) is 4.90 Å². The maximum absolute atomic E-state index is 11.8. The van der Waals surface area contributed by atoms with Gasteiger partial charge in [0.05, 0.1) is 0 Å². The van der Waals surface area contributed by atoms with E-state index in [-0.39, 0.29) is 12.5 Å². The number of carbonyl (C=O) groups is 1. The van der Waals surface area contributed by atoms with Crippen LogP contribution in [0.3, 0.4) is 0 Å². The van der Waals surface area contributed by atoms with Gasteiger partial charge in [-0.1, -0.05) is 13.8 Å². The van der Waals surface area contributed by atoms with Gasteiger partial charge in [0.1, 0.15) is 0 Å². The number of aliphatic hydroxyl groups excluding tert-OH is 1. The van der Waals surface area contributed by atoms with Crippen molar-refractivity contribution in [3.8, 4) is 0 Å². The lowest BCUT2D eigenvalue weighted by molar-refractivity contribution is -0.139. The number of nitrogens with zero attached hydrogens (tertiary/aromatic N) is 1. The van der Waals surface area contributed by atoms with E-state index in [1.54, 1.807) is 0 Å². The first-order valence-corrected chi connectivity index (χ1v) is 6.15. The molecule has 4 nitrogen and oxygen atoms in total. The predicted molar refractivity (Wildman–Crippen MR) is 63.8 cm³/mol. The quantitative estimate of drug-likeness (QED) is 0.693. The standard InChI is InChI=1S/C12H24N2O2/c1-9(2)3-10(5-13)4-12(16)14-6-11(7-14)8-15/h9-11,15H,3-8,13H2,1-2H3. The van der Waals surface area contributed by atoms with Crippen molar-refractivity contribution in [2.45, 2.75) is 26.7 Å². The number of likely N-dealkylation sites (tertiary alicyclic amines) is 1. The van der Waals surface area contributed by atoms with Crippen molar-refractivity contribution in [2.75, 3.05) is 26.2 Å². The lowest BCUT2D eigenvalue weighted by atomic mass is 9.92. The summed E-state index contributed by atoms with van der Waals surface area (Å²) in [7, 11) is 0. The molecule has 16 heavy (non-hydrogen) atoms. The molecule has 1 rings (SSSR count). The van der Waals surface area contributed by atoms with Crippen molar-refractivity contribution < 1.29 is 9.90 Å². The van der Waals surface area contributed by atoms with Gasteiger partial charge < -0.3 is 15.7 Å². The zero-order valence-corrected chi connectivity index (χ0v) is 10.4. The molecule has 0 aromatic heterocycles. The number of nitrogens with two attached hydrogens (primary N) is 1. The van der Waals surface area contributed by atoms with Crippen molar-refractivity contribution in [2.24, 2.45) is 23.5 Å². The van der Waals surface area contributed by atoms with Gasteiger partial charge in [0.25, 0.3) is 0 Å². The monoisotopic (exact) mass is 228 g/mol. The van der Waals surface area contributed by atoms with E-state index < -0.39 is 0 Å². The van der Waals surface area contributed by atoms with Gasteiger partial charge in [-0.3, -0.25) is 4.79 Å². The van der Waals surface area contributed by atoms with Crippen LogP contribution in [0.2, 0.25) is 0 Å². The maximum atomic E-state index is 11.8. The van der Waals surface area contributed by atoms with Crippen LogP contribution in [0.5, 0.6) is 0 Å². The molecule has 0 aromatic carbocycles. The normalized spacial score (nSPS) is 18.7. The highest BCUT2D eigenvalue weighted by atomic mass is 16.3. The molecule has 1 saturated heterocycles. The van der Waals surface area contributed by atoms with Crippen LogP contribution < -0.4 is 5.73 Å². The van der Waals surface area contributed by atoms with Crippen molar-refractivity contribution in [3.63, 3.8) is 0 Å². The van der Waals surface area contributed by atoms with Gasteiger partial charge in [-0.05, 0) is 24.8 Å². The first-order valence-electron chi connectivity index (χ1n) is 6.15. The Bertz CT molecular complexity index is 225. The maximum Gasteiger partial charge on any atom is 0.222 e. The van der Waals surface area contributed by atoms with Crippen LogP contribution in [0.25, 0.3) is 0 Å². The van der Waals surface area contributed by atoms with Gasteiger partial charge >= 0.3 is 0 Å². The van der Waals surface area contributed by atoms with Crippen molar-refractivity contribution >= 4 is 5.91 Å². The molecule has 94 valence electrons. The van der Waals surface area contributed by atoms with E-state index in [0.29, 0.717) is 43.8 Å². The predicted octanol–water partition coefficient (Wildman–Crippen LogP) is 0.448. The molecule has 1 amide bonds. The molecule has 0 aromatic rings. The zero-order chi connectivity index (χ0) is 12.1. The topological polar surface area (TPSA) is 66.6 Å². The number of carbonyl (C=O) groups excluding carboxylic acids is 1. The molecule has 1 aliphatic rings. The van der Waals surface area contributed by atoms with Crippen LogP contribution in [0.1, 0.15) is 26.7 Å². The average Bonchev–Trinajstić information content (AvgIpc) is 2.14. The van der Waals surface area contributed by atoms with E-state index in [2.05, 4.69) is 13.8 Å². The summed E-state index contributed by atoms with van der Waals surface area (Å²) in [6.45, 7) is 6.51. The molecule has 1 heterocycles. The minimum Gasteiger partial charge on any atom is -0.396 e. The van der Waals surface area contributed by atoms with Crippen LogP contribution in [0, 0.1) is 17.8 Å². The molecule has 1 fully saturated rings. The second-order valence-corrected chi connectivity index (χ2v) is 5.28. The molecule has 1 atom stereocenters. The molecule has 0 radical (unpaired) electrons. The average molecular weight is 228 g/mol. The number of hydrogen-bond donors (Lipinski definition) is 2. The fourth-order valence-electron chi connectivity index (χ4n) is 2.19. The molecule has 1 unspecified atom stereocenters. The molecule has 0 aliphatic carbocycles. The highest BCUT2D eigenvalue weighted by Crippen LogP contribution is 2.20. The Balaban J connectivity index is 2.27. The second kappa shape index (κ2) is 6.21. The summed E-state index contributed by atoms with van der Waals surface area (Å²) in [5, 5.41) is 8.87. The van der Waals surface area contributed by atoms with E-state index in [0.717, 1.165) is 6.42 Å². The largest absolute Gasteiger partial charge is 0.396 e. The van der Waals surface area contributed by atoms with Crippen molar-refractivity contribution in [1.29, 1.82) is 0 Å². The Morgan fingerprint density at radius 3 is 2.56 bits per heavy atom. The van der Waals surface area contributed by atoms with Crippen LogP contribution >= 0.6 is 0 Å².